The number of nitrogens with zero attached hydrogens (tertiary/aromatic N) is 2. The molecule has 5 rings (SSSR count). The van der Waals surface area contributed by atoms with E-state index in [4.69, 9.17) is 9.47 Å². The molecule has 0 unspecified atom stereocenters. The Kier molecular flexibility index (Phi) is 10.8. The van der Waals surface area contributed by atoms with E-state index in [9.17, 15) is 24.3 Å². The number of imidazole rings is 1. The molecule has 47 heavy (non-hydrogen) atoms. The number of alkyl carbamates (subject to hydrolysis) is 1. The first-order valence-electron chi connectivity index (χ1n) is 14.8. The first kappa shape index (κ1) is 32.2. The van der Waals surface area contributed by atoms with E-state index in [2.05, 4.69) is 20.6 Å². The van der Waals surface area contributed by atoms with Crippen LogP contribution in [-0.4, -0.2) is 63.0 Å². The van der Waals surface area contributed by atoms with E-state index in [1.165, 1.54) is 0 Å². The van der Waals surface area contributed by atoms with Gasteiger partial charge in [0.05, 0.1) is 17.6 Å². The summed E-state index contributed by atoms with van der Waals surface area (Å²) in [5.41, 5.74) is 3.41. The lowest BCUT2D eigenvalue weighted by Gasteiger charge is -2.22. The molecule has 1 aromatic heterocycles. The Morgan fingerprint density at radius 1 is 0.809 bits per heavy atom. The Morgan fingerprint density at radius 3 is 2.19 bits per heavy atom. The summed E-state index contributed by atoms with van der Waals surface area (Å²) in [6, 6.07) is 30.7. The molecule has 0 saturated heterocycles. The average Bonchev–Trinajstić information content (AvgIpc) is 3.51. The SMILES string of the molecule is O=C(N[C@@H](CNC(=O)c1ccc(CN(Cc2nc3ccccc3[nH]2)C(=O)COc2ccccc2)cc1)C(=O)O)OCc1ccccc1. The summed E-state index contributed by atoms with van der Waals surface area (Å²) in [5, 5.41) is 14.3. The first-order chi connectivity index (χ1) is 22.8. The Bertz CT molecular complexity index is 1780. The molecule has 0 spiro atoms. The van der Waals surface area contributed by atoms with Crippen molar-refractivity contribution in [2.24, 2.45) is 0 Å². The number of hydrogen-bond donors (Lipinski definition) is 4. The van der Waals surface area contributed by atoms with Crippen LogP contribution in [0.3, 0.4) is 0 Å². The third-order valence-corrected chi connectivity index (χ3v) is 7.10. The number of carbonyl (C=O) groups excluding carboxylic acids is 3. The van der Waals surface area contributed by atoms with E-state index in [0.717, 1.165) is 22.2 Å². The van der Waals surface area contributed by atoms with Gasteiger partial charge in [-0.2, -0.15) is 0 Å². The minimum atomic E-state index is -1.41. The van der Waals surface area contributed by atoms with Crippen LogP contribution >= 0.6 is 0 Å². The summed E-state index contributed by atoms with van der Waals surface area (Å²) in [5.74, 6) is -0.938. The lowest BCUT2D eigenvalue weighted by molar-refractivity contribution is -0.139. The molecule has 0 aliphatic carbocycles. The van der Waals surface area contributed by atoms with Crippen LogP contribution in [0.1, 0.15) is 27.3 Å². The van der Waals surface area contributed by atoms with Crippen molar-refractivity contribution in [1.29, 1.82) is 0 Å². The molecule has 4 aromatic carbocycles. The topological polar surface area (TPSA) is 163 Å². The lowest BCUT2D eigenvalue weighted by atomic mass is 10.1. The Labute approximate surface area is 270 Å². The standard InChI is InChI=1S/C35H33N5O7/c41-32(23-46-27-11-5-2-6-12-27)40(21-31-37-28-13-7-8-14-29(28)38-31)20-24-15-17-26(18-16-24)33(42)36-19-30(34(43)44)39-35(45)47-22-25-9-3-1-4-10-25/h1-18,30H,19-23H2,(H,36,42)(H,37,38)(H,39,45)(H,43,44)/t30-/m0/s1. The molecule has 0 saturated carbocycles. The van der Waals surface area contributed by atoms with Crippen molar-refractivity contribution < 1.29 is 33.8 Å². The van der Waals surface area contributed by atoms with Gasteiger partial charge in [0.2, 0.25) is 0 Å². The van der Waals surface area contributed by atoms with Crippen molar-refractivity contribution in [3.05, 3.63) is 132 Å². The van der Waals surface area contributed by atoms with E-state index in [1.807, 2.05) is 48.5 Å². The summed E-state index contributed by atoms with van der Waals surface area (Å²) in [6.07, 6.45) is -0.921. The number of nitrogens with one attached hydrogen (secondary N) is 3. The van der Waals surface area contributed by atoms with Crippen molar-refractivity contribution in [2.75, 3.05) is 13.2 Å². The molecule has 1 atom stereocenters. The fourth-order valence-electron chi connectivity index (χ4n) is 4.63. The maximum Gasteiger partial charge on any atom is 0.408 e. The molecule has 0 aliphatic heterocycles. The zero-order valence-electron chi connectivity index (χ0n) is 25.3. The number of carboxylic acids is 1. The number of carboxylic acid groups (broad SMARTS) is 1. The van der Waals surface area contributed by atoms with Gasteiger partial charge in [0.25, 0.3) is 11.8 Å². The van der Waals surface area contributed by atoms with Gasteiger partial charge < -0.3 is 35.1 Å². The first-order valence-corrected chi connectivity index (χ1v) is 14.8. The highest BCUT2D eigenvalue weighted by molar-refractivity contribution is 5.94. The number of ether oxygens (including phenoxy) is 2. The van der Waals surface area contributed by atoms with E-state index in [1.54, 1.807) is 65.6 Å². The fourth-order valence-corrected chi connectivity index (χ4v) is 4.63. The third-order valence-electron chi connectivity index (χ3n) is 7.10. The van der Waals surface area contributed by atoms with E-state index >= 15 is 0 Å². The molecule has 12 heteroatoms. The van der Waals surface area contributed by atoms with Gasteiger partial charge in [-0.1, -0.05) is 72.8 Å². The molecule has 1 heterocycles. The third kappa shape index (κ3) is 9.41. The number of aliphatic carboxylic acids is 1. The maximum absolute atomic E-state index is 13.3. The van der Waals surface area contributed by atoms with Crippen LogP contribution in [0, 0.1) is 0 Å². The molecule has 240 valence electrons. The van der Waals surface area contributed by atoms with Crippen LogP contribution in [0.4, 0.5) is 4.79 Å². The number of fused-ring (bicyclic) bond motifs is 1. The van der Waals surface area contributed by atoms with Gasteiger partial charge in [0.15, 0.2) is 6.61 Å². The summed E-state index contributed by atoms with van der Waals surface area (Å²) in [7, 11) is 0. The van der Waals surface area contributed by atoms with Gasteiger partial charge in [-0.3, -0.25) is 9.59 Å². The van der Waals surface area contributed by atoms with E-state index in [-0.39, 0.29) is 44.3 Å². The van der Waals surface area contributed by atoms with Gasteiger partial charge in [-0.25, -0.2) is 14.6 Å². The number of para-hydroxylation sites is 3. The second kappa shape index (κ2) is 15.7. The summed E-state index contributed by atoms with van der Waals surface area (Å²) in [4.78, 5) is 59.4. The number of benzene rings is 4. The molecule has 0 aliphatic rings. The normalized spacial score (nSPS) is 11.3. The minimum Gasteiger partial charge on any atom is -0.484 e. The number of hydrogen-bond acceptors (Lipinski definition) is 7. The quantitative estimate of drug-likeness (QED) is 0.141. The summed E-state index contributed by atoms with van der Waals surface area (Å²) in [6.45, 7) is -0.156. The van der Waals surface area contributed by atoms with Gasteiger partial charge in [0.1, 0.15) is 24.2 Å². The molecular formula is C35H33N5O7. The molecule has 12 nitrogen and oxygen atoms in total. The van der Waals surface area contributed by atoms with Crippen molar-refractivity contribution >= 4 is 34.9 Å². The smallest absolute Gasteiger partial charge is 0.408 e. The second-order valence-electron chi connectivity index (χ2n) is 10.6. The molecular weight excluding hydrogens is 602 g/mol. The average molecular weight is 636 g/mol. The van der Waals surface area contributed by atoms with Crippen LogP contribution in [0.25, 0.3) is 11.0 Å². The number of amides is 3. The van der Waals surface area contributed by atoms with E-state index in [0.29, 0.717) is 11.6 Å². The fraction of sp³-hybridized carbons (Fsp3) is 0.171. The maximum atomic E-state index is 13.3. The highest BCUT2D eigenvalue weighted by Crippen LogP contribution is 2.16. The largest absolute Gasteiger partial charge is 0.484 e. The number of carbonyl (C=O) groups is 4. The Hall–Kier alpha value is -6.17. The van der Waals surface area contributed by atoms with Gasteiger partial charge in [-0.15, -0.1) is 0 Å². The van der Waals surface area contributed by atoms with Crippen LogP contribution in [0.2, 0.25) is 0 Å². The molecule has 0 fully saturated rings. The van der Waals surface area contributed by atoms with Crippen molar-refractivity contribution in [3.63, 3.8) is 0 Å². The van der Waals surface area contributed by atoms with Gasteiger partial charge >= 0.3 is 12.1 Å². The molecule has 4 N–H and O–H groups in total. The van der Waals surface area contributed by atoms with Crippen molar-refractivity contribution in [3.8, 4) is 5.75 Å². The highest BCUT2D eigenvalue weighted by Gasteiger charge is 2.22. The monoisotopic (exact) mass is 635 g/mol. The number of aromatic nitrogens is 2. The Balaban J connectivity index is 1.18. The van der Waals surface area contributed by atoms with Crippen molar-refractivity contribution in [1.82, 2.24) is 25.5 Å². The van der Waals surface area contributed by atoms with Crippen LogP contribution in [-0.2, 0) is 34.0 Å². The zero-order valence-corrected chi connectivity index (χ0v) is 25.3. The van der Waals surface area contributed by atoms with Gasteiger partial charge in [0, 0.05) is 18.7 Å². The number of H-pyrrole nitrogens is 1. The van der Waals surface area contributed by atoms with Crippen LogP contribution in [0.5, 0.6) is 5.75 Å². The number of rotatable bonds is 14. The predicted molar refractivity (Wildman–Crippen MR) is 172 cm³/mol. The molecule has 0 bridgehead atoms. The predicted octanol–water partition coefficient (Wildman–Crippen LogP) is 4.28. The number of aromatic amines is 1. The molecule has 0 radical (unpaired) electrons. The lowest BCUT2D eigenvalue weighted by Crippen LogP contribution is -2.48. The van der Waals surface area contributed by atoms with Crippen LogP contribution < -0.4 is 15.4 Å². The summed E-state index contributed by atoms with van der Waals surface area (Å²) < 4.78 is 10.8. The van der Waals surface area contributed by atoms with E-state index < -0.39 is 24.0 Å². The minimum absolute atomic E-state index is 0.0287. The summed E-state index contributed by atoms with van der Waals surface area (Å²) >= 11 is 0. The molecule has 5 aromatic rings. The second-order valence-corrected chi connectivity index (χ2v) is 10.6. The van der Waals surface area contributed by atoms with Gasteiger partial charge in [-0.05, 0) is 47.5 Å². The molecule has 3 amide bonds. The zero-order chi connectivity index (χ0) is 33.0. The van der Waals surface area contributed by atoms with Crippen LogP contribution in [0.15, 0.2) is 109 Å². The highest BCUT2D eigenvalue weighted by atomic mass is 16.5. The Morgan fingerprint density at radius 2 is 1.49 bits per heavy atom. The van der Waals surface area contributed by atoms with Crippen molar-refractivity contribution in [2.45, 2.75) is 25.7 Å².